The van der Waals surface area contributed by atoms with E-state index in [0.29, 0.717) is 12.0 Å². The van der Waals surface area contributed by atoms with Crippen LogP contribution in [-0.4, -0.2) is 4.92 Å². The molecule has 1 atom stereocenters. The van der Waals surface area contributed by atoms with E-state index in [-0.39, 0.29) is 15.4 Å². The Morgan fingerprint density at radius 3 is 2.68 bits per heavy atom. The van der Waals surface area contributed by atoms with Gasteiger partial charge in [-0.15, -0.1) is 0 Å². The zero-order valence-electron chi connectivity index (χ0n) is 10.5. The molecule has 0 aliphatic rings. The van der Waals surface area contributed by atoms with Gasteiger partial charge in [-0.1, -0.05) is 41.1 Å². The molecule has 0 bridgehead atoms. The molecule has 5 heteroatoms. The summed E-state index contributed by atoms with van der Waals surface area (Å²) < 4.78 is 5.65. The van der Waals surface area contributed by atoms with Crippen molar-refractivity contribution in [3.05, 3.63) is 63.6 Å². The van der Waals surface area contributed by atoms with Crippen molar-refractivity contribution in [1.29, 1.82) is 0 Å². The van der Waals surface area contributed by atoms with Crippen LogP contribution in [0.1, 0.15) is 28.8 Å². The van der Waals surface area contributed by atoms with Gasteiger partial charge in [-0.25, -0.2) is 0 Å². The Hall–Kier alpha value is -1.62. The molecule has 0 spiro atoms. The molecule has 19 heavy (non-hydrogen) atoms. The number of nitro benzene ring substituents is 1. The van der Waals surface area contributed by atoms with E-state index in [9.17, 15) is 10.1 Å². The van der Waals surface area contributed by atoms with Crippen molar-refractivity contribution in [1.82, 2.24) is 0 Å². The van der Waals surface area contributed by atoms with Crippen LogP contribution in [0.3, 0.4) is 0 Å². The van der Waals surface area contributed by atoms with Gasteiger partial charge in [-0.3, -0.25) is 10.1 Å². The number of para-hydroxylation sites is 1. The van der Waals surface area contributed by atoms with E-state index in [2.05, 4.69) is 15.9 Å². The van der Waals surface area contributed by atoms with Crippen LogP contribution >= 0.6 is 15.9 Å². The molecule has 4 nitrogen and oxygen atoms in total. The molecule has 0 N–H and O–H groups in total. The highest BCUT2D eigenvalue weighted by Crippen LogP contribution is 2.31. The van der Waals surface area contributed by atoms with Gasteiger partial charge in [0, 0.05) is 18.1 Å². The van der Waals surface area contributed by atoms with Crippen LogP contribution in [0.2, 0.25) is 0 Å². The molecule has 100 valence electrons. The molecule has 0 amide bonds. The first-order valence-electron chi connectivity index (χ1n) is 6.06. The molecular formula is C14H14BrNO3. The molecule has 1 heterocycles. The lowest BCUT2D eigenvalue weighted by molar-refractivity contribution is -0.385. The minimum atomic E-state index is -0.353. The lowest BCUT2D eigenvalue weighted by atomic mass is 10.1. The number of benzene rings is 1. The Bertz CT molecular complexity index is 580. The molecule has 0 radical (unpaired) electrons. The molecule has 0 saturated heterocycles. The molecule has 1 aromatic heterocycles. The summed E-state index contributed by atoms with van der Waals surface area (Å²) in [4.78, 5) is 10.5. The van der Waals surface area contributed by atoms with E-state index in [1.807, 2.05) is 25.1 Å². The summed E-state index contributed by atoms with van der Waals surface area (Å²) in [7, 11) is 0. The molecule has 0 aliphatic heterocycles. The normalized spacial score (nSPS) is 12.3. The lowest BCUT2D eigenvalue weighted by Gasteiger charge is -2.07. The molecule has 1 unspecified atom stereocenters. The fraction of sp³-hybridized carbons (Fsp3) is 0.286. The van der Waals surface area contributed by atoms with Crippen molar-refractivity contribution < 1.29 is 9.34 Å². The first-order valence-corrected chi connectivity index (χ1v) is 6.98. The number of alkyl halides is 1. The highest BCUT2D eigenvalue weighted by Gasteiger charge is 2.19. The number of halogens is 1. The maximum Gasteiger partial charge on any atom is 0.272 e. The van der Waals surface area contributed by atoms with Crippen LogP contribution in [0.15, 0.2) is 40.8 Å². The minimum absolute atomic E-state index is 0.0612. The lowest BCUT2D eigenvalue weighted by Crippen LogP contribution is -1.99. The number of hydrogen-bond donors (Lipinski definition) is 0. The third-order valence-electron chi connectivity index (χ3n) is 2.93. The summed E-state index contributed by atoms with van der Waals surface area (Å²) in [5, 5.41) is 11.0. The van der Waals surface area contributed by atoms with E-state index >= 15 is 0 Å². The number of furan rings is 1. The van der Waals surface area contributed by atoms with E-state index in [1.54, 1.807) is 12.1 Å². The fourth-order valence-electron chi connectivity index (χ4n) is 1.91. The molecule has 0 aliphatic carbocycles. The summed E-state index contributed by atoms with van der Waals surface area (Å²) >= 11 is 3.53. The third kappa shape index (κ3) is 3.23. The van der Waals surface area contributed by atoms with Crippen LogP contribution in [0.5, 0.6) is 0 Å². The number of hydrogen-bond acceptors (Lipinski definition) is 3. The Morgan fingerprint density at radius 2 is 2.05 bits per heavy atom. The Balaban J connectivity index is 2.19. The van der Waals surface area contributed by atoms with Gasteiger partial charge in [0.05, 0.1) is 9.75 Å². The van der Waals surface area contributed by atoms with Gasteiger partial charge in [0.1, 0.15) is 11.5 Å². The fourth-order valence-corrected chi connectivity index (χ4v) is 2.50. The number of aryl methyl sites for hydroxylation is 1. The van der Waals surface area contributed by atoms with E-state index in [0.717, 1.165) is 17.9 Å². The highest BCUT2D eigenvalue weighted by molar-refractivity contribution is 9.09. The molecular weight excluding hydrogens is 310 g/mol. The number of nitrogens with zero attached hydrogens (tertiary/aromatic N) is 1. The standard InChI is InChI=1S/C14H14BrNO3/c1-2-11-7-8-14(19-11)12(15)9-10-5-3-4-6-13(10)16(17)18/h3-8,12H,2,9H2,1H3. The predicted molar refractivity (Wildman–Crippen MR) is 76.6 cm³/mol. The quantitative estimate of drug-likeness (QED) is 0.464. The smallest absolute Gasteiger partial charge is 0.272 e. The summed E-state index contributed by atoms with van der Waals surface area (Å²) in [5.74, 6) is 1.72. The van der Waals surface area contributed by atoms with Crippen molar-refractivity contribution >= 4 is 21.6 Å². The zero-order chi connectivity index (χ0) is 13.8. The number of rotatable bonds is 5. The molecule has 1 aromatic carbocycles. The van der Waals surface area contributed by atoms with Gasteiger partial charge < -0.3 is 4.42 Å². The Labute approximate surface area is 119 Å². The Kier molecular flexibility index (Phi) is 4.37. The van der Waals surface area contributed by atoms with Gasteiger partial charge >= 0.3 is 0 Å². The summed E-state index contributed by atoms with van der Waals surface area (Å²) in [6, 6.07) is 10.6. The maximum atomic E-state index is 11.0. The largest absolute Gasteiger partial charge is 0.465 e. The maximum absolute atomic E-state index is 11.0. The topological polar surface area (TPSA) is 56.3 Å². The van der Waals surface area contributed by atoms with Crippen LogP contribution in [0.25, 0.3) is 0 Å². The van der Waals surface area contributed by atoms with Gasteiger partial charge in [-0.05, 0) is 18.6 Å². The molecule has 2 aromatic rings. The van der Waals surface area contributed by atoms with Crippen LogP contribution in [0.4, 0.5) is 5.69 Å². The summed E-state index contributed by atoms with van der Waals surface area (Å²) in [5.41, 5.74) is 0.845. The van der Waals surface area contributed by atoms with Crippen molar-refractivity contribution in [2.75, 3.05) is 0 Å². The molecule has 0 fully saturated rings. The first-order chi connectivity index (χ1) is 9.11. The third-order valence-corrected chi connectivity index (χ3v) is 3.70. The van der Waals surface area contributed by atoms with Gasteiger partial charge in [0.15, 0.2) is 0 Å². The van der Waals surface area contributed by atoms with Gasteiger partial charge in [0.25, 0.3) is 5.69 Å². The average Bonchev–Trinajstić information content (AvgIpc) is 2.88. The molecule has 0 saturated carbocycles. The van der Waals surface area contributed by atoms with Gasteiger partial charge in [-0.2, -0.15) is 0 Å². The number of nitro groups is 1. The minimum Gasteiger partial charge on any atom is -0.465 e. The van der Waals surface area contributed by atoms with E-state index in [4.69, 9.17) is 4.42 Å². The second-order valence-corrected chi connectivity index (χ2v) is 5.32. The van der Waals surface area contributed by atoms with E-state index in [1.165, 1.54) is 6.07 Å². The second kappa shape index (κ2) is 6.02. The first kappa shape index (κ1) is 13.8. The monoisotopic (exact) mass is 323 g/mol. The van der Waals surface area contributed by atoms with Crippen molar-refractivity contribution in [2.45, 2.75) is 24.6 Å². The van der Waals surface area contributed by atoms with E-state index < -0.39 is 0 Å². The second-order valence-electron chi connectivity index (χ2n) is 4.22. The average molecular weight is 324 g/mol. The van der Waals surface area contributed by atoms with Gasteiger partial charge in [0.2, 0.25) is 0 Å². The van der Waals surface area contributed by atoms with Crippen molar-refractivity contribution in [3.63, 3.8) is 0 Å². The zero-order valence-corrected chi connectivity index (χ0v) is 12.1. The van der Waals surface area contributed by atoms with Crippen LogP contribution < -0.4 is 0 Å². The van der Waals surface area contributed by atoms with Crippen LogP contribution in [0, 0.1) is 10.1 Å². The highest BCUT2D eigenvalue weighted by atomic mass is 79.9. The van der Waals surface area contributed by atoms with Crippen molar-refractivity contribution in [3.8, 4) is 0 Å². The van der Waals surface area contributed by atoms with Crippen LogP contribution in [-0.2, 0) is 12.8 Å². The summed E-state index contributed by atoms with van der Waals surface area (Å²) in [6.45, 7) is 2.02. The SMILES string of the molecule is CCc1ccc(C(Br)Cc2ccccc2[N+](=O)[O-])o1. The van der Waals surface area contributed by atoms with Crippen molar-refractivity contribution in [2.24, 2.45) is 0 Å². The Morgan fingerprint density at radius 1 is 1.32 bits per heavy atom. The summed E-state index contributed by atoms with van der Waals surface area (Å²) in [6.07, 6.45) is 1.36. The molecule has 2 rings (SSSR count). The predicted octanol–water partition coefficient (Wildman–Crippen LogP) is 4.43.